The van der Waals surface area contributed by atoms with Gasteiger partial charge in [0.25, 0.3) is 0 Å². The number of allylic oxidation sites excluding steroid dienone is 1. The van der Waals surface area contributed by atoms with Crippen LogP contribution in [0.5, 0.6) is 0 Å². The van der Waals surface area contributed by atoms with E-state index < -0.39 is 4.32 Å². The molecule has 102 valence electrons. The zero-order valence-corrected chi connectivity index (χ0v) is 13.3. The standard InChI is InChI=1S/C14H21BrO3/c1-6-18-10(16)7-8-13(5)9-14(13,15)11(17)12(2,3)4/h7-8H,6,9H2,1-5H3/b8-7+/t13-,14+/m1/s1. The number of alkyl halides is 1. The molecule has 1 saturated carbocycles. The van der Waals surface area contributed by atoms with E-state index >= 15 is 0 Å². The Labute approximate surface area is 117 Å². The van der Waals surface area contributed by atoms with Gasteiger partial charge in [-0.15, -0.1) is 0 Å². The fraction of sp³-hybridized carbons (Fsp3) is 0.714. The van der Waals surface area contributed by atoms with Gasteiger partial charge in [-0.3, -0.25) is 4.79 Å². The average molecular weight is 317 g/mol. The van der Waals surface area contributed by atoms with E-state index in [1.807, 2.05) is 27.7 Å². The zero-order chi connectivity index (χ0) is 14.2. The Hall–Kier alpha value is -0.640. The smallest absolute Gasteiger partial charge is 0.330 e. The van der Waals surface area contributed by atoms with E-state index in [0.717, 1.165) is 0 Å². The summed E-state index contributed by atoms with van der Waals surface area (Å²) in [5, 5.41) is 0. The number of ketones is 1. The number of ether oxygens (including phenoxy) is 1. The third-order valence-electron chi connectivity index (χ3n) is 3.31. The third kappa shape index (κ3) is 2.85. The normalized spacial score (nSPS) is 31.4. The van der Waals surface area contributed by atoms with E-state index in [9.17, 15) is 9.59 Å². The number of halogens is 1. The van der Waals surface area contributed by atoms with Gasteiger partial charge < -0.3 is 4.74 Å². The molecule has 0 aromatic heterocycles. The summed E-state index contributed by atoms with van der Waals surface area (Å²) >= 11 is 3.55. The molecule has 1 rings (SSSR count). The predicted molar refractivity (Wildman–Crippen MR) is 74.6 cm³/mol. The van der Waals surface area contributed by atoms with E-state index in [1.54, 1.807) is 13.0 Å². The van der Waals surface area contributed by atoms with Gasteiger partial charge in [0, 0.05) is 16.9 Å². The molecule has 1 fully saturated rings. The van der Waals surface area contributed by atoms with Gasteiger partial charge in [0.05, 0.1) is 10.9 Å². The molecule has 0 heterocycles. The minimum atomic E-state index is -0.540. The molecule has 0 spiro atoms. The highest BCUT2D eigenvalue weighted by Crippen LogP contribution is 2.65. The van der Waals surface area contributed by atoms with Gasteiger partial charge in [-0.2, -0.15) is 0 Å². The number of rotatable bonds is 4. The van der Waals surface area contributed by atoms with Crippen molar-refractivity contribution >= 4 is 27.7 Å². The molecule has 18 heavy (non-hydrogen) atoms. The molecule has 0 aromatic carbocycles. The number of carbonyl (C=O) groups excluding carboxylic acids is 2. The lowest BCUT2D eigenvalue weighted by Gasteiger charge is -2.23. The second kappa shape index (κ2) is 4.80. The van der Waals surface area contributed by atoms with Crippen LogP contribution in [0.4, 0.5) is 0 Å². The van der Waals surface area contributed by atoms with Crippen LogP contribution < -0.4 is 0 Å². The Kier molecular flexibility index (Phi) is 4.11. The molecule has 1 aliphatic rings. The average Bonchev–Trinajstić information content (AvgIpc) is 2.79. The minimum Gasteiger partial charge on any atom is -0.463 e. The Morgan fingerprint density at radius 2 is 1.94 bits per heavy atom. The van der Waals surface area contributed by atoms with Crippen molar-refractivity contribution in [2.45, 2.75) is 45.4 Å². The van der Waals surface area contributed by atoms with Crippen LogP contribution in [-0.4, -0.2) is 22.7 Å². The molecule has 0 amide bonds. The van der Waals surface area contributed by atoms with Crippen LogP contribution in [0.1, 0.15) is 41.0 Å². The van der Waals surface area contributed by atoms with E-state index in [0.29, 0.717) is 13.0 Å². The molecule has 0 N–H and O–H groups in total. The molecular formula is C14H21BrO3. The van der Waals surface area contributed by atoms with Crippen LogP contribution in [0, 0.1) is 10.8 Å². The van der Waals surface area contributed by atoms with Crippen LogP contribution in [0.2, 0.25) is 0 Å². The SMILES string of the molecule is CCOC(=O)/C=C/[C@]1(C)C[C@]1(Br)C(=O)C(C)(C)C. The third-order valence-corrected chi connectivity index (χ3v) is 4.85. The van der Waals surface area contributed by atoms with Gasteiger partial charge in [-0.1, -0.05) is 49.7 Å². The van der Waals surface area contributed by atoms with Crippen LogP contribution in [-0.2, 0) is 14.3 Å². The molecule has 3 nitrogen and oxygen atoms in total. The van der Waals surface area contributed by atoms with Crippen molar-refractivity contribution in [3.05, 3.63) is 12.2 Å². The van der Waals surface area contributed by atoms with Gasteiger partial charge >= 0.3 is 5.97 Å². The molecule has 0 bridgehead atoms. The highest BCUT2D eigenvalue weighted by Gasteiger charge is 2.67. The molecule has 0 aromatic rings. The summed E-state index contributed by atoms with van der Waals surface area (Å²) in [7, 11) is 0. The van der Waals surface area contributed by atoms with Gasteiger partial charge in [0.15, 0.2) is 5.78 Å². The summed E-state index contributed by atoms with van der Waals surface area (Å²) in [4.78, 5) is 23.6. The number of carbonyl (C=O) groups is 2. The maximum absolute atomic E-state index is 12.3. The Bertz CT molecular complexity index is 394. The highest BCUT2D eigenvalue weighted by atomic mass is 79.9. The molecule has 1 aliphatic carbocycles. The van der Waals surface area contributed by atoms with E-state index in [-0.39, 0.29) is 22.6 Å². The summed E-state index contributed by atoms with van der Waals surface area (Å²) in [6.07, 6.45) is 3.91. The molecule has 0 unspecified atom stereocenters. The first kappa shape index (κ1) is 15.4. The molecule has 0 saturated heterocycles. The second-order valence-electron chi connectivity index (χ2n) is 6.06. The largest absolute Gasteiger partial charge is 0.463 e. The van der Waals surface area contributed by atoms with Gasteiger partial charge in [-0.05, 0) is 13.3 Å². The first-order chi connectivity index (χ1) is 8.07. The molecule has 0 aliphatic heterocycles. The van der Waals surface area contributed by atoms with Crippen molar-refractivity contribution in [1.82, 2.24) is 0 Å². The first-order valence-electron chi connectivity index (χ1n) is 6.16. The first-order valence-corrected chi connectivity index (χ1v) is 6.96. The van der Waals surface area contributed by atoms with Gasteiger partial charge in [0.1, 0.15) is 0 Å². The maximum Gasteiger partial charge on any atom is 0.330 e. The van der Waals surface area contributed by atoms with Crippen LogP contribution in [0.25, 0.3) is 0 Å². The minimum absolute atomic E-state index is 0.172. The van der Waals surface area contributed by atoms with E-state index in [4.69, 9.17) is 4.74 Å². The molecule has 2 atom stereocenters. The molecule has 0 radical (unpaired) electrons. The lowest BCUT2D eigenvalue weighted by Crippen LogP contribution is -2.33. The number of esters is 1. The maximum atomic E-state index is 12.3. The fourth-order valence-corrected chi connectivity index (χ4v) is 3.34. The second-order valence-corrected chi connectivity index (χ2v) is 7.41. The summed E-state index contributed by atoms with van der Waals surface area (Å²) in [6, 6.07) is 0. The summed E-state index contributed by atoms with van der Waals surface area (Å²) in [5.74, 6) is -0.185. The Morgan fingerprint density at radius 3 is 2.39 bits per heavy atom. The number of Topliss-reactive ketones (excluding diaryl/α,β-unsaturated/α-hetero) is 1. The highest BCUT2D eigenvalue weighted by molar-refractivity contribution is 9.10. The van der Waals surface area contributed by atoms with E-state index in [2.05, 4.69) is 15.9 Å². The summed E-state index contributed by atoms with van der Waals surface area (Å²) < 4.78 is 4.29. The summed E-state index contributed by atoms with van der Waals surface area (Å²) in [5.41, 5.74) is -0.691. The van der Waals surface area contributed by atoms with Crippen LogP contribution >= 0.6 is 15.9 Å². The van der Waals surface area contributed by atoms with Gasteiger partial charge in [-0.25, -0.2) is 4.79 Å². The zero-order valence-electron chi connectivity index (χ0n) is 11.7. The van der Waals surface area contributed by atoms with Crippen LogP contribution in [0.3, 0.4) is 0 Å². The Morgan fingerprint density at radius 1 is 1.39 bits per heavy atom. The number of hydrogen-bond acceptors (Lipinski definition) is 3. The topological polar surface area (TPSA) is 43.4 Å². The van der Waals surface area contributed by atoms with Crippen molar-refractivity contribution in [3.8, 4) is 0 Å². The molecule has 4 heteroatoms. The molecular weight excluding hydrogens is 296 g/mol. The monoisotopic (exact) mass is 316 g/mol. The van der Waals surface area contributed by atoms with Gasteiger partial charge in [0.2, 0.25) is 0 Å². The quantitative estimate of drug-likeness (QED) is 0.454. The summed E-state index contributed by atoms with van der Waals surface area (Å²) in [6.45, 7) is 9.83. The van der Waals surface area contributed by atoms with E-state index in [1.165, 1.54) is 6.08 Å². The lowest BCUT2D eigenvalue weighted by atomic mass is 9.85. The Balaban J connectivity index is 2.77. The predicted octanol–water partition coefficient (Wildman–Crippen LogP) is 3.26. The van der Waals surface area contributed by atoms with Crippen molar-refractivity contribution in [1.29, 1.82) is 0 Å². The van der Waals surface area contributed by atoms with Crippen molar-refractivity contribution in [2.75, 3.05) is 6.61 Å². The van der Waals surface area contributed by atoms with Crippen molar-refractivity contribution in [2.24, 2.45) is 10.8 Å². The fourth-order valence-electron chi connectivity index (χ4n) is 2.03. The number of hydrogen-bond donors (Lipinski definition) is 0. The van der Waals surface area contributed by atoms with Crippen molar-refractivity contribution < 1.29 is 14.3 Å². The lowest BCUT2D eigenvalue weighted by molar-refractivity contribution is -0.137. The van der Waals surface area contributed by atoms with Crippen LogP contribution in [0.15, 0.2) is 12.2 Å². The van der Waals surface area contributed by atoms with Crippen molar-refractivity contribution in [3.63, 3.8) is 0 Å².